The van der Waals surface area contributed by atoms with Gasteiger partial charge in [0.1, 0.15) is 24.8 Å². The lowest BCUT2D eigenvalue weighted by molar-refractivity contribution is -0.138. The van der Waals surface area contributed by atoms with Gasteiger partial charge in [0, 0.05) is 24.4 Å². The maximum Gasteiger partial charge on any atom is 0.330 e. The molecule has 0 unspecified atom stereocenters. The van der Waals surface area contributed by atoms with E-state index in [4.69, 9.17) is 9.47 Å². The first-order valence-electron chi connectivity index (χ1n) is 7.21. The number of hydrogen-bond donors (Lipinski definition) is 0. The summed E-state index contributed by atoms with van der Waals surface area (Å²) in [5, 5.41) is 4.27. The van der Waals surface area contributed by atoms with Gasteiger partial charge in [-0.25, -0.2) is 9.18 Å². The molecule has 0 saturated heterocycles. The van der Waals surface area contributed by atoms with Crippen LogP contribution >= 0.6 is 0 Å². The number of benzene rings is 1. The number of rotatable bonds is 6. The molecule has 0 amide bonds. The Bertz CT molecular complexity index is 705. The molecule has 0 radical (unpaired) electrons. The van der Waals surface area contributed by atoms with Crippen LogP contribution in [0.15, 0.2) is 30.3 Å². The van der Waals surface area contributed by atoms with Crippen molar-refractivity contribution in [2.24, 2.45) is 7.05 Å². The van der Waals surface area contributed by atoms with E-state index in [2.05, 4.69) is 5.10 Å². The molecule has 23 heavy (non-hydrogen) atoms. The van der Waals surface area contributed by atoms with Crippen LogP contribution in [0, 0.1) is 19.7 Å². The third-order valence-corrected chi connectivity index (χ3v) is 3.36. The monoisotopic (exact) mass is 318 g/mol. The molecule has 0 atom stereocenters. The minimum Gasteiger partial charge on any atom is -0.490 e. The molecule has 0 fully saturated rings. The molecular formula is C17H19FN2O3. The highest BCUT2D eigenvalue weighted by Crippen LogP contribution is 2.13. The molecule has 2 rings (SSSR count). The van der Waals surface area contributed by atoms with Gasteiger partial charge < -0.3 is 9.47 Å². The number of esters is 1. The van der Waals surface area contributed by atoms with Gasteiger partial charge in [-0.15, -0.1) is 0 Å². The number of carbonyl (C=O) groups is 1. The third-order valence-electron chi connectivity index (χ3n) is 3.36. The van der Waals surface area contributed by atoms with E-state index in [9.17, 15) is 9.18 Å². The van der Waals surface area contributed by atoms with E-state index in [0.29, 0.717) is 5.75 Å². The predicted molar refractivity (Wildman–Crippen MR) is 84.6 cm³/mol. The summed E-state index contributed by atoms with van der Waals surface area (Å²) in [6, 6.07) is 5.65. The van der Waals surface area contributed by atoms with Crippen LogP contribution in [0.5, 0.6) is 5.75 Å². The van der Waals surface area contributed by atoms with Crippen LogP contribution < -0.4 is 4.74 Å². The predicted octanol–water partition coefficient (Wildman–Crippen LogP) is 2.81. The Morgan fingerprint density at radius 2 is 1.96 bits per heavy atom. The average Bonchev–Trinajstić information content (AvgIpc) is 2.76. The highest BCUT2D eigenvalue weighted by atomic mass is 19.1. The Morgan fingerprint density at radius 3 is 2.57 bits per heavy atom. The van der Waals surface area contributed by atoms with Crippen LogP contribution in [0.3, 0.4) is 0 Å². The lowest BCUT2D eigenvalue weighted by atomic mass is 10.2. The van der Waals surface area contributed by atoms with Gasteiger partial charge in [-0.2, -0.15) is 5.10 Å². The van der Waals surface area contributed by atoms with Gasteiger partial charge in [-0.3, -0.25) is 4.68 Å². The first-order chi connectivity index (χ1) is 11.0. The number of carbonyl (C=O) groups excluding carboxylic acids is 1. The van der Waals surface area contributed by atoms with E-state index in [0.717, 1.165) is 17.0 Å². The Balaban J connectivity index is 1.76. The zero-order chi connectivity index (χ0) is 16.8. The Labute approximate surface area is 134 Å². The fraction of sp³-hybridized carbons (Fsp3) is 0.294. The molecule has 5 nitrogen and oxygen atoms in total. The van der Waals surface area contributed by atoms with Crippen molar-refractivity contribution >= 4 is 12.0 Å². The van der Waals surface area contributed by atoms with Crippen LogP contribution in [0.1, 0.15) is 17.0 Å². The molecular weight excluding hydrogens is 299 g/mol. The van der Waals surface area contributed by atoms with Crippen molar-refractivity contribution in [3.8, 4) is 5.75 Å². The zero-order valence-electron chi connectivity index (χ0n) is 13.4. The van der Waals surface area contributed by atoms with Crippen molar-refractivity contribution < 1.29 is 18.7 Å². The van der Waals surface area contributed by atoms with Crippen LogP contribution in [0.4, 0.5) is 4.39 Å². The topological polar surface area (TPSA) is 53.4 Å². The van der Waals surface area contributed by atoms with E-state index in [-0.39, 0.29) is 19.0 Å². The number of aryl methyl sites for hydroxylation is 2. The van der Waals surface area contributed by atoms with Crippen molar-refractivity contribution in [2.75, 3.05) is 13.2 Å². The summed E-state index contributed by atoms with van der Waals surface area (Å²) < 4.78 is 24.9. The second kappa shape index (κ2) is 7.58. The number of hydrogen-bond acceptors (Lipinski definition) is 4. The molecule has 0 N–H and O–H groups in total. The van der Waals surface area contributed by atoms with Gasteiger partial charge in [0.2, 0.25) is 0 Å². The molecule has 6 heteroatoms. The lowest BCUT2D eigenvalue weighted by Gasteiger charge is -2.06. The van der Waals surface area contributed by atoms with Gasteiger partial charge in [-0.1, -0.05) is 0 Å². The average molecular weight is 318 g/mol. The van der Waals surface area contributed by atoms with Crippen LogP contribution in [0.2, 0.25) is 0 Å². The normalized spacial score (nSPS) is 11.0. The first-order valence-corrected chi connectivity index (χ1v) is 7.21. The van der Waals surface area contributed by atoms with E-state index in [1.165, 1.54) is 30.3 Å². The van der Waals surface area contributed by atoms with Crippen molar-refractivity contribution in [1.82, 2.24) is 9.78 Å². The van der Waals surface area contributed by atoms with Crippen molar-refractivity contribution in [1.29, 1.82) is 0 Å². The highest BCUT2D eigenvalue weighted by molar-refractivity contribution is 5.87. The maximum atomic E-state index is 12.7. The van der Waals surface area contributed by atoms with E-state index >= 15 is 0 Å². The Kier molecular flexibility index (Phi) is 5.51. The van der Waals surface area contributed by atoms with E-state index in [1.807, 2.05) is 20.9 Å². The standard InChI is InChI=1S/C17H19FN2O3/c1-12-16(13(2)20(3)19-12)8-9-17(21)23-11-10-22-15-6-4-14(18)5-7-15/h4-9H,10-11H2,1-3H3/b9-8+. The van der Waals surface area contributed by atoms with Gasteiger partial charge in [-0.05, 0) is 44.2 Å². The second-order valence-corrected chi connectivity index (χ2v) is 5.01. The molecule has 122 valence electrons. The highest BCUT2D eigenvalue weighted by Gasteiger charge is 2.06. The van der Waals surface area contributed by atoms with Crippen molar-refractivity contribution in [3.63, 3.8) is 0 Å². The fourth-order valence-electron chi connectivity index (χ4n) is 2.06. The Hall–Kier alpha value is -2.63. The van der Waals surface area contributed by atoms with E-state index in [1.54, 1.807) is 10.8 Å². The molecule has 1 aromatic heterocycles. The van der Waals surface area contributed by atoms with Crippen LogP contribution in [0.25, 0.3) is 6.08 Å². The lowest BCUT2D eigenvalue weighted by Crippen LogP contribution is -2.10. The number of ether oxygens (including phenoxy) is 2. The molecule has 0 spiro atoms. The summed E-state index contributed by atoms with van der Waals surface area (Å²) in [5.74, 6) is -0.245. The quantitative estimate of drug-likeness (QED) is 0.467. The summed E-state index contributed by atoms with van der Waals surface area (Å²) in [5.41, 5.74) is 2.74. The summed E-state index contributed by atoms with van der Waals surface area (Å²) in [7, 11) is 1.85. The SMILES string of the molecule is Cc1nn(C)c(C)c1/C=C/C(=O)OCCOc1ccc(F)cc1. The largest absolute Gasteiger partial charge is 0.490 e. The molecule has 1 aromatic carbocycles. The molecule has 1 heterocycles. The van der Waals surface area contributed by atoms with Gasteiger partial charge in [0.25, 0.3) is 0 Å². The summed E-state index contributed by atoms with van der Waals surface area (Å²) in [6.07, 6.45) is 3.07. The minimum absolute atomic E-state index is 0.117. The molecule has 0 aliphatic heterocycles. The molecule has 0 saturated carbocycles. The Morgan fingerprint density at radius 1 is 1.26 bits per heavy atom. The second-order valence-electron chi connectivity index (χ2n) is 5.01. The van der Waals surface area contributed by atoms with Gasteiger partial charge in [0.15, 0.2) is 0 Å². The third kappa shape index (κ3) is 4.67. The van der Waals surface area contributed by atoms with Gasteiger partial charge in [0.05, 0.1) is 5.69 Å². The van der Waals surface area contributed by atoms with Crippen LogP contribution in [-0.4, -0.2) is 29.0 Å². The molecule has 2 aromatic rings. The zero-order valence-corrected chi connectivity index (χ0v) is 13.4. The van der Waals surface area contributed by atoms with Crippen molar-refractivity contribution in [2.45, 2.75) is 13.8 Å². The van der Waals surface area contributed by atoms with Gasteiger partial charge >= 0.3 is 5.97 Å². The summed E-state index contributed by atoms with van der Waals surface area (Å²) in [6.45, 7) is 4.14. The molecule has 0 aliphatic carbocycles. The maximum absolute atomic E-state index is 12.7. The fourth-order valence-corrected chi connectivity index (χ4v) is 2.06. The smallest absolute Gasteiger partial charge is 0.330 e. The number of halogens is 1. The molecule has 0 aliphatic rings. The molecule has 0 bridgehead atoms. The minimum atomic E-state index is -0.449. The summed E-state index contributed by atoms with van der Waals surface area (Å²) >= 11 is 0. The van der Waals surface area contributed by atoms with Crippen molar-refractivity contribution in [3.05, 3.63) is 53.1 Å². The summed E-state index contributed by atoms with van der Waals surface area (Å²) in [4.78, 5) is 11.7. The number of aromatic nitrogens is 2. The van der Waals surface area contributed by atoms with Crippen LogP contribution in [-0.2, 0) is 16.6 Å². The number of nitrogens with zero attached hydrogens (tertiary/aromatic N) is 2. The van der Waals surface area contributed by atoms with E-state index < -0.39 is 5.97 Å². The first kappa shape index (κ1) is 16.7.